The fourth-order valence-electron chi connectivity index (χ4n) is 2.18. The molecule has 5 heteroatoms. The van der Waals surface area contributed by atoms with Crippen LogP contribution in [0.3, 0.4) is 0 Å². The molecule has 3 nitrogen and oxygen atoms in total. The van der Waals surface area contributed by atoms with Crippen molar-refractivity contribution in [2.24, 2.45) is 0 Å². The van der Waals surface area contributed by atoms with Gasteiger partial charge in [-0.25, -0.2) is 8.78 Å². The van der Waals surface area contributed by atoms with Gasteiger partial charge in [0.25, 0.3) is 0 Å². The first-order valence-corrected chi connectivity index (χ1v) is 6.85. The van der Waals surface area contributed by atoms with Gasteiger partial charge >= 0.3 is 0 Å². The van der Waals surface area contributed by atoms with Crippen LogP contribution in [0.4, 0.5) is 14.5 Å². The summed E-state index contributed by atoms with van der Waals surface area (Å²) in [6.45, 7) is 0.774. The second-order valence-electron chi connectivity index (χ2n) is 4.93. The summed E-state index contributed by atoms with van der Waals surface area (Å²) in [7, 11) is 3.81. The highest BCUT2D eigenvalue weighted by atomic mass is 19.1. The number of benzene rings is 1. The molecule has 0 spiro atoms. The number of nitrogens with one attached hydrogen (secondary N) is 1. The first-order chi connectivity index (χ1) is 10.1. The fourth-order valence-corrected chi connectivity index (χ4v) is 2.18. The van der Waals surface area contributed by atoms with Crippen molar-refractivity contribution >= 4 is 5.69 Å². The Hall–Kier alpha value is -2.01. The largest absolute Gasteiger partial charge is 0.375 e. The van der Waals surface area contributed by atoms with E-state index in [4.69, 9.17) is 0 Å². The van der Waals surface area contributed by atoms with Crippen molar-refractivity contribution in [2.75, 3.05) is 25.5 Å². The van der Waals surface area contributed by atoms with Gasteiger partial charge in [-0.3, -0.25) is 4.98 Å². The number of nitrogens with zero attached hydrogens (tertiary/aromatic N) is 2. The number of anilines is 1. The second kappa shape index (κ2) is 7.13. The third-order valence-electron chi connectivity index (χ3n) is 3.48. The SMILES string of the molecule is CNC(CCN(C)c1ccc(F)cc1)c1ccc(F)cn1. The molecule has 0 amide bonds. The van der Waals surface area contributed by atoms with Crippen molar-refractivity contribution in [3.05, 3.63) is 59.9 Å². The van der Waals surface area contributed by atoms with E-state index in [2.05, 4.69) is 10.3 Å². The quantitative estimate of drug-likeness (QED) is 0.886. The molecular formula is C16H19F2N3. The predicted octanol–water partition coefficient (Wildman–Crippen LogP) is 3.15. The molecule has 0 radical (unpaired) electrons. The topological polar surface area (TPSA) is 28.2 Å². The zero-order chi connectivity index (χ0) is 15.2. The van der Waals surface area contributed by atoms with Gasteiger partial charge in [0, 0.05) is 19.3 Å². The molecule has 0 bridgehead atoms. The van der Waals surface area contributed by atoms with Gasteiger partial charge in [0.1, 0.15) is 11.6 Å². The molecule has 1 atom stereocenters. The zero-order valence-corrected chi connectivity index (χ0v) is 12.2. The molecule has 0 saturated carbocycles. The molecule has 1 aromatic heterocycles. The number of rotatable bonds is 6. The number of pyridine rings is 1. The summed E-state index contributed by atoms with van der Waals surface area (Å²) in [6.07, 6.45) is 2.03. The second-order valence-corrected chi connectivity index (χ2v) is 4.93. The molecule has 0 aliphatic carbocycles. The Bertz CT molecular complexity index is 555. The van der Waals surface area contributed by atoms with Crippen LogP contribution in [-0.4, -0.2) is 25.6 Å². The van der Waals surface area contributed by atoms with E-state index in [9.17, 15) is 8.78 Å². The van der Waals surface area contributed by atoms with Crippen molar-refractivity contribution in [3.8, 4) is 0 Å². The number of hydrogen-bond donors (Lipinski definition) is 1. The number of hydrogen-bond acceptors (Lipinski definition) is 3. The van der Waals surface area contributed by atoms with E-state index in [-0.39, 0.29) is 17.7 Å². The Morgan fingerprint density at radius 1 is 1.10 bits per heavy atom. The lowest BCUT2D eigenvalue weighted by molar-refractivity contribution is 0.531. The lowest BCUT2D eigenvalue weighted by Crippen LogP contribution is -2.25. The fraction of sp³-hybridized carbons (Fsp3) is 0.312. The summed E-state index contributed by atoms with van der Waals surface area (Å²) in [5, 5.41) is 3.18. The van der Waals surface area contributed by atoms with Crippen LogP contribution in [-0.2, 0) is 0 Å². The van der Waals surface area contributed by atoms with Crippen molar-refractivity contribution < 1.29 is 8.78 Å². The molecule has 0 saturated heterocycles. The maximum absolute atomic E-state index is 12.9. The van der Waals surface area contributed by atoms with E-state index in [1.54, 1.807) is 18.2 Å². The van der Waals surface area contributed by atoms with Gasteiger partial charge in [-0.1, -0.05) is 0 Å². The van der Waals surface area contributed by atoms with Crippen LogP contribution in [0.25, 0.3) is 0 Å². The van der Waals surface area contributed by atoms with E-state index in [1.165, 1.54) is 24.4 Å². The van der Waals surface area contributed by atoms with Gasteiger partial charge in [0.05, 0.1) is 17.9 Å². The Kier molecular flexibility index (Phi) is 5.22. The van der Waals surface area contributed by atoms with Gasteiger partial charge in [-0.05, 0) is 49.9 Å². The lowest BCUT2D eigenvalue weighted by atomic mass is 10.1. The van der Waals surface area contributed by atoms with Crippen LogP contribution >= 0.6 is 0 Å². The Morgan fingerprint density at radius 2 is 1.76 bits per heavy atom. The standard InChI is InChI=1S/C16H19F2N3/c1-19-15(16-8-5-13(18)11-20-16)9-10-21(2)14-6-3-12(17)4-7-14/h3-8,11,15,19H,9-10H2,1-2H3. The zero-order valence-electron chi connectivity index (χ0n) is 12.2. The molecule has 2 rings (SSSR count). The maximum atomic E-state index is 12.9. The van der Waals surface area contributed by atoms with Crippen molar-refractivity contribution in [1.29, 1.82) is 0 Å². The summed E-state index contributed by atoms with van der Waals surface area (Å²) >= 11 is 0. The van der Waals surface area contributed by atoms with Gasteiger partial charge in [0.15, 0.2) is 0 Å². The van der Waals surface area contributed by atoms with Crippen LogP contribution in [0.2, 0.25) is 0 Å². The van der Waals surface area contributed by atoms with Crippen LogP contribution < -0.4 is 10.2 Å². The van der Waals surface area contributed by atoms with Gasteiger partial charge < -0.3 is 10.2 Å². The van der Waals surface area contributed by atoms with Crippen LogP contribution in [0, 0.1) is 11.6 Å². The summed E-state index contributed by atoms with van der Waals surface area (Å²) in [6, 6.07) is 9.55. The van der Waals surface area contributed by atoms with E-state index in [0.717, 1.165) is 24.3 Å². The third-order valence-corrected chi connectivity index (χ3v) is 3.48. The first-order valence-electron chi connectivity index (χ1n) is 6.85. The van der Waals surface area contributed by atoms with Gasteiger partial charge in [-0.15, -0.1) is 0 Å². The van der Waals surface area contributed by atoms with Crippen LogP contribution in [0.1, 0.15) is 18.2 Å². The lowest BCUT2D eigenvalue weighted by Gasteiger charge is -2.23. The highest BCUT2D eigenvalue weighted by molar-refractivity contribution is 5.45. The molecule has 0 aliphatic rings. The smallest absolute Gasteiger partial charge is 0.141 e. The normalized spacial score (nSPS) is 12.2. The van der Waals surface area contributed by atoms with Crippen molar-refractivity contribution in [3.63, 3.8) is 0 Å². The Morgan fingerprint density at radius 3 is 2.33 bits per heavy atom. The van der Waals surface area contributed by atoms with Gasteiger partial charge in [-0.2, -0.15) is 0 Å². The molecule has 0 aliphatic heterocycles. The molecule has 1 N–H and O–H groups in total. The molecule has 21 heavy (non-hydrogen) atoms. The van der Waals surface area contributed by atoms with Gasteiger partial charge in [0.2, 0.25) is 0 Å². The maximum Gasteiger partial charge on any atom is 0.141 e. The molecule has 1 aromatic carbocycles. The minimum Gasteiger partial charge on any atom is -0.375 e. The highest BCUT2D eigenvalue weighted by Crippen LogP contribution is 2.18. The molecule has 1 heterocycles. The predicted molar refractivity (Wildman–Crippen MR) is 80.3 cm³/mol. The van der Waals surface area contributed by atoms with E-state index < -0.39 is 0 Å². The average Bonchev–Trinajstić information content (AvgIpc) is 2.50. The summed E-state index contributed by atoms with van der Waals surface area (Å²) in [5.41, 5.74) is 1.77. The summed E-state index contributed by atoms with van der Waals surface area (Å²) < 4.78 is 25.8. The monoisotopic (exact) mass is 291 g/mol. The van der Waals surface area contributed by atoms with Crippen molar-refractivity contribution in [2.45, 2.75) is 12.5 Å². The summed E-state index contributed by atoms with van der Waals surface area (Å²) in [5.74, 6) is -0.576. The minimum atomic E-state index is -0.336. The molecule has 112 valence electrons. The van der Waals surface area contributed by atoms with E-state index in [1.807, 2.05) is 19.0 Å². The van der Waals surface area contributed by atoms with E-state index in [0.29, 0.717) is 0 Å². The first kappa shape index (κ1) is 15.4. The average molecular weight is 291 g/mol. The third kappa shape index (κ3) is 4.23. The molecule has 2 aromatic rings. The molecular weight excluding hydrogens is 272 g/mol. The van der Waals surface area contributed by atoms with Crippen LogP contribution in [0.5, 0.6) is 0 Å². The Balaban J connectivity index is 1.96. The Labute approximate surface area is 123 Å². The van der Waals surface area contributed by atoms with Crippen molar-refractivity contribution in [1.82, 2.24) is 10.3 Å². The highest BCUT2D eigenvalue weighted by Gasteiger charge is 2.12. The molecule has 1 unspecified atom stereocenters. The number of aromatic nitrogens is 1. The van der Waals surface area contributed by atoms with Crippen LogP contribution in [0.15, 0.2) is 42.6 Å². The van der Waals surface area contributed by atoms with E-state index >= 15 is 0 Å². The molecule has 0 fully saturated rings. The minimum absolute atomic E-state index is 0.0495. The number of halogens is 2. The summed E-state index contributed by atoms with van der Waals surface area (Å²) in [4.78, 5) is 6.16.